The van der Waals surface area contributed by atoms with Crippen molar-refractivity contribution in [3.05, 3.63) is 59.8 Å². The lowest BCUT2D eigenvalue weighted by atomic mass is 9.88. The molecule has 2 N–H and O–H groups in total. The summed E-state index contributed by atoms with van der Waals surface area (Å²) in [5.41, 5.74) is 0.374. The van der Waals surface area contributed by atoms with Crippen LogP contribution in [0.15, 0.2) is 47.1 Å². The van der Waals surface area contributed by atoms with E-state index in [0.717, 1.165) is 12.1 Å². The Labute approximate surface area is 210 Å². The van der Waals surface area contributed by atoms with Crippen molar-refractivity contribution >= 4 is 17.8 Å². The van der Waals surface area contributed by atoms with Gasteiger partial charge in [0, 0.05) is 32.7 Å². The minimum Gasteiger partial charge on any atom is -0.475 e. The third kappa shape index (κ3) is 7.76. The van der Waals surface area contributed by atoms with Gasteiger partial charge in [-0.1, -0.05) is 12.1 Å². The predicted molar refractivity (Wildman–Crippen MR) is 121 cm³/mol. The summed E-state index contributed by atoms with van der Waals surface area (Å²) < 4.78 is 56.3. The molecule has 2 aromatic rings. The molecule has 3 heterocycles. The SMILES string of the molecule is CN1CC(C(=O)NCc2ccc(F)cc2)OC2(CCN(C(=O)c3ccco3)CC2)C1.O=C(O)C(F)(F)F. The van der Waals surface area contributed by atoms with Crippen LogP contribution in [0.25, 0.3) is 0 Å². The second kappa shape index (κ2) is 11.7. The maximum atomic E-state index is 13.0. The topological polar surface area (TPSA) is 112 Å². The van der Waals surface area contributed by atoms with Gasteiger partial charge < -0.3 is 29.4 Å². The summed E-state index contributed by atoms with van der Waals surface area (Å²) in [6, 6.07) is 9.41. The molecule has 0 bridgehead atoms. The number of aliphatic carboxylic acids is 1. The number of amides is 2. The average molecular weight is 529 g/mol. The fraction of sp³-hybridized carbons (Fsp3) is 0.458. The lowest BCUT2D eigenvalue weighted by molar-refractivity contribution is -0.192. The second-order valence-corrected chi connectivity index (χ2v) is 8.90. The molecule has 4 rings (SSSR count). The molecule has 202 valence electrons. The minimum absolute atomic E-state index is 0.118. The van der Waals surface area contributed by atoms with Crippen molar-refractivity contribution in [2.45, 2.75) is 37.3 Å². The Kier molecular flexibility index (Phi) is 8.92. The number of likely N-dealkylation sites (N-methyl/N-ethyl adjacent to an activating group) is 1. The van der Waals surface area contributed by atoms with Crippen LogP contribution in [-0.4, -0.2) is 83.8 Å². The van der Waals surface area contributed by atoms with Crippen LogP contribution in [0.5, 0.6) is 0 Å². The number of carbonyl (C=O) groups is 3. The first-order chi connectivity index (χ1) is 17.4. The molecule has 1 aromatic carbocycles. The van der Waals surface area contributed by atoms with Gasteiger partial charge in [0.2, 0.25) is 0 Å². The number of piperidine rings is 1. The number of ether oxygens (including phenoxy) is 1. The number of carboxylic acid groups (broad SMARTS) is 1. The second-order valence-electron chi connectivity index (χ2n) is 8.90. The Morgan fingerprint density at radius 2 is 1.76 bits per heavy atom. The number of alkyl halides is 3. The van der Waals surface area contributed by atoms with E-state index >= 15 is 0 Å². The van der Waals surface area contributed by atoms with Gasteiger partial charge in [0.15, 0.2) is 5.76 Å². The number of benzene rings is 1. The van der Waals surface area contributed by atoms with Crippen molar-refractivity contribution in [3.8, 4) is 0 Å². The standard InChI is InChI=1S/C22H26FN3O4.C2HF3O2/c1-25-14-19(20(27)24-13-16-4-6-17(23)7-5-16)30-22(15-25)8-10-26(11-9-22)21(28)18-3-2-12-29-18;3-2(4,5)1(6)7/h2-7,12,19H,8-11,13-15H2,1H3,(H,24,27);(H,6,7). The molecule has 0 radical (unpaired) electrons. The lowest BCUT2D eigenvalue weighted by Gasteiger charge is -2.48. The predicted octanol–water partition coefficient (Wildman–Crippen LogP) is 2.67. The number of halogens is 4. The van der Waals surface area contributed by atoms with Crippen LogP contribution in [0.4, 0.5) is 17.6 Å². The third-order valence-electron chi connectivity index (χ3n) is 6.04. The van der Waals surface area contributed by atoms with E-state index < -0.39 is 23.9 Å². The summed E-state index contributed by atoms with van der Waals surface area (Å²) in [5, 5.41) is 10.0. The van der Waals surface area contributed by atoms with Crippen molar-refractivity contribution in [3.63, 3.8) is 0 Å². The van der Waals surface area contributed by atoms with Gasteiger partial charge in [0.25, 0.3) is 11.8 Å². The van der Waals surface area contributed by atoms with Crippen molar-refractivity contribution in [1.29, 1.82) is 0 Å². The molecular weight excluding hydrogens is 502 g/mol. The highest BCUT2D eigenvalue weighted by Gasteiger charge is 2.45. The molecule has 1 aromatic heterocycles. The first-order valence-electron chi connectivity index (χ1n) is 11.4. The lowest BCUT2D eigenvalue weighted by Crippen LogP contribution is -2.61. The van der Waals surface area contributed by atoms with Crippen LogP contribution in [0.3, 0.4) is 0 Å². The smallest absolute Gasteiger partial charge is 0.475 e. The largest absolute Gasteiger partial charge is 0.490 e. The van der Waals surface area contributed by atoms with Crippen molar-refractivity contribution in [2.24, 2.45) is 0 Å². The van der Waals surface area contributed by atoms with Gasteiger partial charge in [-0.2, -0.15) is 13.2 Å². The highest BCUT2D eigenvalue weighted by Crippen LogP contribution is 2.32. The van der Waals surface area contributed by atoms with E-state index in [1.807, 2.05) is 7.05 Å². The molecule has 2 amide bonds. The molecule has 2 saturated heterocycles. The molecule has 1 unspecified atom stereocenters. The fourth-order valence-corrected chi connectivity index (χ4v) is 4.21. The Morgan fingerprint density at radius 3 is 2.30 bits per heavy atom. The number of hydrogen-bond acceptors (Lipinski definition) is 6. The number of hydrogen-bond donors (Lipinski definition) is 2. The molecule has 9 nitrogen and oxygen atoms in total. The monoisotopic (exact) mass is 529 g/mol. The maximum absolute atomic E-state index is 13.0. The molecule has 1 atom stereocenters. The van der Waals surface area contributed by atoms with Crippen LogP contribution in [0.2, 0.25) is 0 Å². The summed E-state index contributed by atoms with van der Waals surface area (Å²) >= 11 is 0. The normalized spacial score (nSPS) is 19.6. The van der Waals surface area contributed by atoms with Crippen LogP contribution in [0.1, 0.15) is 29.0 Å². The van der Waals surface area contributed by atoms with E-state index in [2.05, 4.69) is 10.2 Å². The summed E-state index contributed by atoms with van der Waals surface area (Å²) in [4.78, 5) is 38.0. The Balaban J connectivity index is 0.000000479. The van der Waals surface area contributed by atoms with Gasteiger partial charge in [-0.15, -0.1) is 0 Å². The molecular formula is C24H27F4N3O6. The van der Waals surface area contributed by atoms with Crippen molar-refractivity contribution in [1.82, 2.24) is 15.1 Å². The fourth-order valence-electron chi connectivity index (χ4n) is 4.21. The van der Waals surface area contributed by atoms with Crippen LogP contribution < -0.4 is 5.32 Å². The van der Waals surface area contributed by atoms with Gasteiger partial charge in [0.05, 0.1) is 11.9 Å². The highest BCUT2D eigenvalue weighted by atomic mass is 19.4. The van der Waals surface area contributed by atoms with E-state index in [1.54, 1.807) is 29.2 Å². The van der Waals surface area contributed by atoms with Gasteiger partial charge in [-0.25, -0.2) is 9.18 Å². The molecule has 37 heavy (non-hydrogen) atoms. The number of carboxylic acids is 1. The number of furan rings is 1. The van der Waals surface area contributed by atoms with E-state index in [-0.39, 0.29) is 17.6 Å². The van der Waals surface area contributed by atoms with Crippen LogP contribution in [0, 0.1) is 5.82 Å². The number of nitrogens with zero attached hydrogens (tertiary/aromatic N) is 2. The van der Waals surface area contributed by atoms with Gasteiger partial charge in [-0.05, 0) is 49.7 Å². The van der Waals surface area contributed by atoms with E-state index in [4.69, 9.17) is 19.1 Å². The van der Waals surface area contributed by atoms with Gasteiger partial charge in [-0.3, -0.25) is 9.59 Å². The number of carbonyl (C=O) groups excluding carboxylic acids is 2. The zero-order valence-corrected chi connectivity index (χ0v) is 20.0. The van der Waals surface area contributed by atoms with E-state index in [9.17, 15) is 27.2 Å². The molecule has 0 aliphatic carbocycles. The zero-order valence-electron chi connectivity index (χ0n) is 20.0. The highest BCUT2D eigenvalue weighted by molar-refractivity contribution is 5.91. The number of nitrogens with one attached hydrogen (secondary N) is 1. The molecule has 2 aliphatic rings. The van der Waals surface area contributed by atoms with E-state index in [0.29, 0.717) is 44.8 Å². The van der Waals surface area contributed by atoms with Crippen molar-refractivity contribution < 1.29 is 46.2 Å². The molecule has 13 heteroatoms. The van der Waals surface area contributed by atoms with Gasteiger partial charge in [0.1, 0.15) is 11.9 Å². The molecule has 2 fully saturated rings. The number of rotatable bonds is 4. The Morgan fingerprint density at radius 1 is 1.14 bits per heavy atom. The van der Waals surface area contributed by atoms with Crippen LogP contribution in [-0.2, 0) is 20.9 Å². The Bertz CT molecular complexity index is 1070. The third-order valence-corrected chi connectivity index (χ3v) is 6.04. The number of likely N-dealkylation sites (tertiary alicyclic amines) is 1. The van der Waals surface area contributed by atoms with Gasteiger partial charge >= 0.3 is 12.1 Å². The molecule has 1 spiro atoms. The molecule has 2 aliphatic heterocycles. The Hall–Kier alpha value is -3.45. The minimum atomic E-state index is -5.08. The summed E-state index contributed by atoms with van der Waals surface area (Å²) in [6.07, 6.45) is -2.86. The maximum Gasteiger partial charge on any atom is 0.490 e. The molecule has 0 saturated carbocycles. The first-order valence-corrected chi connectivity index (χ1v) is 11.4. The number of morpholine rings is 1. The van der Waals surface area contributed by atoms with E-state index in [1.165, 1.54) is 18.4 Å². The summed E-state index contributed by atoms with van der Waals surface area (Å²) in [5.74, 6) is -3.02. The zero-order chi connectivity index (χ0) is 27.2. The summed E-state index contributed by atoms with van der Waals surface area (Å²) in [6.45, 7) is 2.65. The van der Waals surface area contributed by atoms with Crippen molar-refractivity contribution in [2.75, 3.05) is 33.2 Å². The quantitative estimate of drug-likeness (QED) is 0.586. The summed E-state index contributed by atoms with van der Waals surface area (Å²) in [7, 11) is 1.98. The first kappa shape index (κ1) is 28.1. The van der Waals surface area contributed by atoms with Crippen LogP contribution >= 0.6 is 0 Å². The average Bonchev–Trinajstić information content (AvgIpc) is 3.38.